The third-order valence-corrected chi connectivity index (χ3v) is 6.51. The van der Waals surface area contributed by atoms with Gasteiger partial charge in [-0.1, -0.05) is 24.3 Å². The summed E-state index contributed by atoms with van der Waals surface area (Å²) in [6, 6.07) is 13.8. The molecule has 2 aromatic rings. The number of hydrogen-bond acceptors (Lipinski definition) is 5. The molecule has 1 unspecified atom stereocenters. The average Bonchev–Trinajstić information content (AvgIpc) is 3.25. The maximum absolute atomic E-state index is 12.7. The molecule has 0 aromatic heterocycles. The molecular weight excluding hydrogens is 402 g/mol. The van der Waals surface area contributed by atoms with Crippen LogP contribution in [0.25, 0.3) is 0 Å². The Morgan fingerprint density at radius 2 is 2.07 bits per heavy atom. The molecule has 0 aliphatic carbocycles. The molecule has 1 heterocycles. The summed E-state index contributed by atoms with van der Waals surface area (Å²) in [5.41, 5.74) is 1.31. The fourth-order valence-corrected chi connectivity index (χ4v) is 4.65. The number of ether oxygens (including phenoxy) is 1. The lowest BCUT2D eigenvalue weighted by Crippen LogP contribution is -2.31. The normalized spacial score (nSPS) is 16.3. The molecule has 2 aromatic carbocycles. The van der Waals surface area contributed by atoms with E-state index in [-0.39, 0.29) is 16.7 Å². The van der Waals surface area contributed by atoms with Gasteiger partial charge in [0.25, 0.3) is 5.91 Å². The van der Waals surface area contributed by atoms with Crippen LogP contribution < -0.4 is 19.7 Å². The Morgan fingerprint density at radius 3 is 2.83 bits per heavy atom. The molecule has 7 nitrogen and oxygen atoms in total. The van der Waals surface area contributed by atoms with E-state index in [0.29, 0.717) is 18.7 Å². The van der Waals surface area contributed by atoms with E-state index in [1.807, 2.05) is 24.3 Å². The second kappa shape index (κ2) is 9.77. The molecule has 0 saturated carbocycles. The first-order chi connectivity index (χ1) is 14.4. The molecule has 1 saturated heterocycles. The Kier molecular flexibility index (Phi) is 7.12. The van der Waals surface area contributed by atoms with Gasteiger partial charge in [0.1, 0.15) is 5.75 Å². The van der Waals surface area contributed by atoms with Crippen LogP contribution in [-0.4, -0.2) is 47.6 Å². The highest BCUT2D eigenvalue weighted by Gasteiger charge is 2.26. The van der Waals surface area contributed by atoms with E-state index in [9.17, 15) is 13.2 Å². The molecule has 3 rings (SSSR count). The molecule has 1 atom stereocenters. The van der Waals surface area contributed by atoms with Crippen LogP contribution in [0.15, 0.2) is 66.1 Å². The van der Waals surface area contributed by atoms with Crippen LogP contribution in [0.3, 0.4) is 0 Å². The second-order valence-corrected chi connectivity index (χ2v) is 8.92. The van der Waals surface area contributed by atoms with Crippen LogP contribution in [0.5, 0.6) is 5.75 Å². The van der Waals surface area contributed by atoms with Crippen molar-refractivity contribution in [2.24, 2.45) is 5.92 Å². The average molecular weight is 430 g/mol. The topological polar surface area (TPSA) is 87.7 Å². The van der Waals surface area contributed by atoms with Crippen molar-refractivity contribution in [3.05, 3.63) is 66.7 Å². The van der Waals surface area contributed by atoms with Crippen LogP contribution in [0.2, 0.25) is 0 Å². The van der Waals surface area contributed by atoms with Gasteiger partial charge in [-0.15, -0.1) is 6.58 Å². The zero-order chi connectivity index (χ0) is 21.6. The molecule has 30 heavy (non-hydrogen) atoms. The van der Waals surface area contributed by atoms with Crippen LogP contribution in [0, 0.1) is 5.92 Å². The monoisotopic (exact) mass is 429 g/mol. The van der Waals surface area contributed by atoms with Crippen molar-refractivity contribution >= 4 is 21.6 Å². The molecular formula is C22H27N3O4S. The number of carbonyl (C=O) groups is 1. The number of rotatable bonds is 9. The van der Waals surface area contributed by atoms with Gasteiger partial charge in [0, 0.05) is 31.7 Å². The lowest BCUT2D eigenvalue weighted by Gasteiger charge is -2.21. The van der Waals surface area contributed by atoms with Crippen molar-refractivity contribution in [2.75, 3.05) is 38.2 Å². The van der Waals surface area contributed by atoms with E-state index < -0.39 is 10.0 Å². The van der Waals surface area contributed by atoms with Crippen molar-refractivity contribution in [1.82, 2.24) is 10.0 Å². The van der Waals surface area contributed by atoms with E-state index in [1.165, 1.54) is 12.1 Å². The largest absolute Gasteiger partial charge is 0.495 e. The van der Waals surface area contributed by atoms with E-state index in [4.69, 9.17) is 4.74 Å². The number of anilines is 1. The Morgan fingerprint density at radius 1 is 1.27 bits per heavy atom. The zero-order valence-electron chi connectivity index (χ0n) is 17.0. The number of sulfonamides is 1. The van der Waals surface area contributed by atoms with Gasteiger partial charge >= 0.3 is 0 Å². The number of carbonyl (C=O) groups excluding carboxylic acids is 1. The molecule has 0 bridgehead atoms. The molecule has 0 spiro atoms. The first-order valence-corrected chi connectivity index (χ1v) is 11.3. The van der Waals surface area contributed by atoms with Crippen molar-refractivity contribution in [2.45, 2.75) is 11.3 Å². The Labute approximate surface area is 177 Å². The molecule has 160 valence electrons. The lowest BCUT2D eigenvalue weighted by atomic mass is 10.1. The van der Waals surface area contributed by atoms with Gasteiger partial charge < -0.3 is 15.0 Å². The van der Waals surface area contributed by atoms with Crippen LogP contribution in [0.1, 0.15) is 16.8 Å². The summed E-state index contributed by atoms with van der Waals surface area (Å²) in [5.74, 6) is 0.657. The summed E-state index contributed by atoms with van der Waals surface area (Å²) < 4.78 is 33.6. The highest BCUT2D eigenvalue weighted by atomic mass is 32.2. The lowest BCUT2D eigenvalue weighted by molar-refractivity contribution is 0.0958. The highest BCUT2D eigenvalue weighted by Crippen LogP contribution is 2.31. The fourth-order valence-electron chi connectivity index (χ4n) is 3.49. The summed E-state index contributed by atoms with van der Waals surface area (Å²) in [4.78, 5) is 14.4. The molecule has 2 N–H and O–H groups in total. The second-order valence-electron chi connectivity index (χ2n) is 7.15. The smallest absolute Gasteiger partial charge is 0.251 e. The van der Waals surface area contributed by atoms with Crippen molar-refractivity contribution in [1.29, 1.82) is 0 Å². The summed E-state index contributed by atoms with van der Waals surface area (Å²) in [5, 5.41) is 2.65. The predicted octanol–water partition coefficient (Wildman–Crippen LogP) is 2.42. The van der Waals surface area contributed by atoms with Gasteiger partial charge in [0.05, 0.1) is 17.7 Å². The van der Waals surface area contributed by atoms with Crippen LogP contribution in [-0.2, 0) is 10.0 Å². The quantitative estimate of drug-likeness (QED) is 0.598. The maximum Gasteiger partial charge on any atom is 0.251 e. The summed E-state index contributed by atoms with van der Waals surface area (Å²) >= 11 is 0. The first kappa shape index (κ1) is 21.9. The van der Waals surface area contributed by atoms with Crippen molar-refractivity contribution in [3.8, 4) is 5.75 Å². The number of benzene rings is 2. The predicted molar refractivity (Wildman–Crippen MR) is 117 cm³/mol. The number of nitrogens with zero attached hydrogens (tertiary/aromatic N) is 1. The van der Waals surface area contributed by atoms with Crippen molar-refractivity contribution in [3.63, 3.8) is 0 Å². The number of amides is 1. The summed E-state index contributed by atoms with van der Waals surface area (Å²) in [6.07, 6.45) is 2.44. The van der Waals surface area contributed by atoms with Gasteiger partial charge in [-0.2, -0.15) is 0 Å². The van der Waals surface area contributed by atoms with E-state index in [1.54, 1.807) is 25.3 Å². The van der Waals surface area contributed by atoms with Crippen LogP contribution >= 0.6 is 0 Å². The minimum Gasteiger partial charge on any atom is -0.495 e. The maximum atomic E-state index is 12.7. The third-order valence-electron chi connectivity index (χ3n) is 5.09. The molecule has 1 aliphatic rings. The molecule has 8 heteroatoms. The first-order valence-electron chi connectivity index (χ1n) is 9.81. The number of hydrogen-bond donors (Lipinski definition) is 2. The molecule has 1 aliphatic heterocycles. The number of methoxy groups -OCH3 is 1. The van der Waals surface area contributed by atoms with Gasteiger partial charge in [-0.3, -0.25) is 4.79 Å². The Balaban J connectivity index is 1.62. The number of nitrogens with one attached hydrogen (secondary N) is 2. The molecule has 0 radical (unpaired) electrons. The molecule has 1 amide bonds. The Hall–Kier alpha value is -2.84. The van der Waals surface area contributed by atoms with Crippen LogP contribution in [0.4, 0.5) is 5.69 Å². The zero-order valence-corrected chi connectivity index (χ0v) is 17.8. The standard InChI is InChI=1S/C22H27N3O4S/c1-3-12-23-22(26)18-7-6-8-19(14-18)30(27,28)24-15-17-11-13-25(16-17)20-9-4-5-10-21(20)29-2/h3-10,14,17,24H,1,11-13,15-16H2,2H3,(H,23,26). The van der Waals surface area contributed by atoms with Gasteiger partial charge in [-0.05, 0) is 42.7 Å². The third kappa shape index (κ3) is 5.20. The van der Waals surface area contributed by atoms with Crippen molar-refractivity contribution < 1.29 is 17.9 Å². The minimum absolute atomic E-state index is 0.0772. The van der Waals surface area contributed by atoms with E-state index in [0.717, 1.165) is 30.9 Å². The SMILES string of the molecule is C=CCNC(=O)c1cccc(S(=O)(=O)NCC2CCN(c3ccccc3OC)C2)c1. The van der Waals surface area contributed by atoms with Gasteiger partial charge in [-0.25, -0.2) is 13.1 Å². The highest BCUT2D eigenvalue weighted by molar-refractivity contribution is 7.89. The summed E-state index contributed by atoms with van der Waals surface area (Å²) in [7, 11) is -2.07. The molecule has 1 fully saturated rings. The summed E-state index contributed by atoms with van der Waals surface area (Å²) in [6.45, 7) is 5.78. The Bertz CT molecular complexity index is 1010. The van der Waals surface area contributed by atoms with Gasteiger partial charge in [0.15, 0.2) is 0 Å². The van der Waals surface area contributed by atoms with E-state index in [2.05, 4.69) is 21.5 Å². The van der Waals surface area contributed by atoms with Gasteiger partial charge in [0.2, 0.25) is 10.0 Å². The van der Waals surface area contributed by atoms with E-state index >= 15 is 0 Å². The number of para-hydroxylation sites is 2. The minimum atomic E-state index is -3.71. The fraction of sp³-hybridized carbons (Fsp3) is 0.318.